The van der Waals surface area contributed by atoms with Crippen molar-refractivity contribution in [2.24, 2.45) is 0 Å². The third-order valence-electron chi connectivity index (χ3n) is 3.31. The standard InChI is InChI=1S/C16H20N2O2/c1-10-6-8-12(9-7-10)18-13(15(19)20)11(2)14(17-18)16(3,4)5/h6-9H,1-5H3,(H,19,20). The number of rotatable bonds is 2. The van der Waals surface area contributed by atoms with Gasteiger partial charge in [-0.15, -0.1) is 0 Å². The predicted molar refractivity (Wildman–Crippen MR) is 78.7 cm³/mol. The first-order chi connectivity index (χ1) is 9.21. The van der Waals surface area contributed by atoms with E-state index in [1.165, 1.54) is 4.68 Å². The molecule has 1 heterocycles. The van der Waals surface area contributed by atoms with Crippen LogP contribution in [0.25, 0.3) is 5.69 Å². The fourth-order valence-corrected chi connectivity index (χ4v) is 2.33. The molecule has 0 aliphatic rings. The lowest BCUT2D eigenvalue weighted by Crippen LogP contribution is -2.14. The smallest absolute Gasteiger partial charge is 0.354 e. The van der Waals surface area contributed by atoms with Gasteiger partial charge in [0.05, 0.1) is 11.4 Å². The van der Waals surface area contributed by atoms with Gasteiger partial charge in [-0.25, -0.2) is 9.48 Å². The molecule has 0 unspecified atom stereocenters. The largest absolute Gasteiger partial charge is 0.477 e. The van der Waals surface area contributed by atoms with Crippen molar-refractivity contribution < 1.29 is 9.90 Å². The molecule has 2 aromatic rings. The van der Waals surface area contributed by atoms with E-state index in [2.05, 4.69) is 5.10 Å². The highest BCUT2D eigenvalue weighted by Crippen LogP contribution is 2.28. The minimum absolute atomic E-state index is 0.190. The van der Waals surface area contributed by atoms with Crippen molar-refractivity contribution in [3.8, 4) is 5.69 Å². The van der Waals surface area contributed by atoms with Crippen LogP contribution in [-0.2, 0) is 5.41 Å². The lowest BCUT2D eigenvalue weighted by molar-refractivity contribution is 0.0686. The Balaban J connectivity index is 2.69. The molecule has 0 amide bonds. The summed E-state index contributed by atoms with van der Waals surface area (Å²) in [5, 5.41) is 14.0. The molecule has 20 heavy (non-hydrogen) atoms. The highest BCUT2D eigenvalue weighted by molar-refractivity contribution is 5.88. The van der Waals surface area contributed by atoms with Gasteiger partial charge in [-0.2, -0.15) is 5.10 Å². The van der Waals surface area contributed by atoms with E-state index in [0.29, 0.717) is 0 Å². The number of nitrogens with zero attached hydrogens (tertiary/aromatic N) is 2. The maximum absolute atomic E-state index is 11.6. The molecule has 1 aromatic carbocycles. The molecular formula is C16H20N2O2. The Morgan fingerprint density at radius 1 is 1.15 bits per heavy atom. The Morgan fingerprint density at radius 2 is 1.70 bits per heavy atom. The number of aromatic carboxylic acids is 1. The number of aromatic nitrogens is 2. The molecule has 0 aliphatic heterocycles. The van der Waals surface area contributed by atoms with Crippen molar-refractivity contribution in [2.45, 2.75) is 40.0 Å². The maximum atomic E-state index is 11.6. The summed E-state index contributed by atoms with van der Waals surface area (Å²) >= 11 is 0. The predicted octanol–water partition coefficient (Wildman–Crippen LogP) is 3.48. The van der Waals surface area contributed by atoms with Gasteiger partial charge in [-0.3, -0.25) is 0 Å². The zero-order valence-corrected chi connectivity index (χ0v) is 12.6. The molecule has 0 aliphatic carbocycles. The second kappa shape index (κ2) is 4.78. The number of benzene rings is 1. The van der Waals surface area contributed by atoms with Gasteiger partial charge in [-0.05, 0) is 26.0 Å². The fraction of sp³-hybridized carbons (Fsp3) is 0.375. The van der Waals surface area contributed by atoms with E-state index in [1.54, 1.807) is 0 Å². The van der Waals surface area contributed by atoms with Crippen LogP contribution in [0.2, 0.25) is 0 Å². The monoisotopic (exact) mass is 272 g/mol. The summed E-state index contributed by atoms with van der Waals surface area (Å²) in [6.45, 7) is 9.92. The molecule has 2 rings (SSSR count). The highest BCUT2D eigenvalue weighted by atomic mass is 16.4. The summed E-state index contributed by atoms with van der Waals surface area (Å²) in [5.41, 5.74) is 3.49. The lowest BCUT2D eigenvalue weighted by atomic mass is 9.89. The molecule has 4 nitrogen and oxygen atoms in total. The number of carboxylic acid groups (broad SMARTS) is 1. The summed E-state index contributed by atoms with van der Waals surface area (Å²) in [5.74, 6) is -0.953. The summed E-state index contributed by atoms with van der Waals surface area (Å²) in [4.78, 5) is 11.6. The van der Waals surface area contributed by atoms with Crippen LogP contribution in [0.15, 0.2) is 24.3 Å². The molecule has 0 radical (unpaired) electrons. The number of carbonyl (C=O) groups is 1. The van der Waals surface area contributed by atoms with E-state index in [-0.39, 0.29) is 11.1 Å². The van der Waals surface area contributed by atoms with Crippen molar-refractivity contribution in [1.82, 2.24) is 9.78 Å². The summed E-state index contributed by atoms with van der Waals surface area (Å²) in [7, 11) is 0. The van der Waals surface area contributed by atoms with Gasteiger partial charge in [0.1, 0.15) is 0 Å². The Kier molecular flexibility index (Phi) is 3.42. The maximum Gasteiger partial charge on any atom is 0.354 e. The van der Waals surface area contributed by atoms with Crippen LogP contribution in [0.1, 0.15) is 48.1 Å². The van der Waals surface area contributed by atoms with Crippen molar-refractivity contribution in [2.75, 3.05) is 0 Å². The number of aryl methyl sites for hydroxylation is 1. The van der Waals surface area contributed by atoms with Gasteiger partial charge in [0.15, 0.2) is 5.69 Å². The van der Waals surface area contributed by atoms with Crippen LogP contribution in [0, 0.1) is 13.8 Å². The van der Waals surface area contributed by atoms with Gasteiger partial charge < -0.3 is 5.11 Å². The van der Waals surface area contributed by atoms with Crippen LogP contribution < -0.4 is 0 Å². The van der Waals surface area contributed by atoms with Crippen LogP contribution in [-0.4, -0.2) is 20.9 Å². The van der Waals surface area contributed by atoms with Gasteiger partial charge in [0.25, 0.3) is 0 Å². The molecule has 0 atom stereocenters. The first-order valence-electron chi connectivity index (χ1n) is 6.62. The second-order valence-electron chi connectivity index (χ2n) is 6.12. The minimum atomic E-state index is -0.953. The van der Waals surface area contributed by atoms with Crippen LogP contribution in [0.4, 0.5) is 0 Å². The molecule has 0 saturated heterocycles. The normalized spacial score (nSPS) is 11.7. The third kappa shape index (κ3) is 2.46. The van der Waals surface area contributed by atoms with Gasteiger partial charge in [-0.1, -0.05) is 38.5 Å². The summed E-state index contributed by atoms with van der Waals surface area (Å²) in [6.07, 6.45) is 0. The van der Waals surface area contributed by atoms with Gasteiger partial charge >= 0.3 is 5.97 Å². The quantitative estimate of drug-likeness (QED) is 0.910. The van der Waals surface area contributed by atoms with Gasteiger partial charge in [0.2, 0.25) is 0 Å². The molecule has 106 valence electrons. The molecule has 4 heteroatoms. The zero-order chi connectivity index (χ0) is 15.1. The molecule has 1 N–H and O–H groups in total. The topological polar surface area (TPSA) is 55.1 Å². The summed E-state index contributed by atoms with van der Waals surface area (Å²) in [6, 6.07) is 7.69. The Bertz CT molecular complexity index is 646. The first kappa shape index (κ1) is 14.3. The van der Waals surface area contributed by atoms with E-state index >= 15 is 0 Å². The number of hydrogen-bond donors (Lipinski definition) is 1. The van der Waals surface area contributed by atoms with Crippen molar-refractivity contribution >= 4 is 5.97 Å². The minimum Gasteiger partial charge on any atom is -0.477 e. The van der Waals surface area contributed by atoms with Crippen molar-refractivity contribution in [1.29, 1.82) is 0 Å². The van der Waals surface area contributed by atoms with Crippen molar-refractivity contribution in [3.05, 3.63) is 46.8 Å². The van der Waals surface area contributed by atoms with E-state index in [9.17, 15) is 9.90 Å². The SMILES string of the molecule is Cc1ccc(-n2nc(C(C)(C)C)c(C)c2C(=O)O)cc1. The number of carboxylic acids is 1. The van der Waals surface area contributed by atoms with E-state index in [4.69, 9.17) is 0 Å². The van der Waals surface area contributed by atoms with Crippen LogP contribution >= 0.6 is 0 Å². The molecule has 0 bridgehead atoms. The highest BCUT2D eigenvalue weighted by Gasteiger charge is 2.27. The molecule has 0 fully saturated rings. The third-order valence-corrected chi connectivity index (χ3v) is 3.31. The molecule has 0 spiro atoms. The Labute approximate surface area is 119 Å². The first-order valence-corrected chi connectivity index (χ1v) is 6.62. The van der Waals surface area contributed by atoms with Crippen LogP contribution in [0.3, 0.4) is 0 Å². The Morgan fingerprint density at radius 3 is 2.15 bits per heavy atom. The lowest BCUT2D eigenvalue weighted by Gasteiger charge is -2.16. The van der Waals surface area contributed by atoms with Crippen molar-refractivity contribution in [3.63, 3.8) is 0 Å². The average molecular weight is 272 g/mol. The molecular weight excluding hydrogens is 252 g/mol. The average Bonchev–Trinajstić information content (AvgIpc) is 2.67. The molecule has 0 saturated carbocycles. The zero-order valence-electron chi connectivity index (χ0n) is 12.6. The van der Waals surface area contributed by atoms with E-state index in [1.807, 2.05) is 58.9 Å². The molecule has 1 aromatic heterocycles. The Hall–Kier alpha value is -2.10. The van der Waals surface area contributed by atoms with E-state index in [0.717, 1.165) is 22.5 Å². The fourth-order valence-electron chi connectivity index (χ4n) is 2.33. The van der Waals surface area contributed by atoms with Crippen LogP contribution in [0.5, 0.6) is 0 Å². The summed E-state index contributed by atoms with van der Waals surface area (Å²) < 4.78 is 1.53. The second-order valence-corrected chi connectivity index (χ2v) is 6.12. The van der Waals surface area contributed by atoms with E-state index < -0.39 is 5.97 Å². The van der Waals surface area contributed by atoms with Gasteiger partial charge in [0, 0.05) is 11.0 Å². The number of hydrogen-bond acceptors (Lipinski definition) is 2.